The lowest BCUT2D eigenvalue weighted by Gasteiger charge is -2.12. The van der Waals surface area contributed by atoms with E-state index in [0.717, 1.165) is 5.56 Å². The zero-order chi connectivity index (χ0) is 18.5. The molecule has 4 rings (SSSR count). The molecule has 0 aliphatic carbocycles. The fourth-order valence-corrected chi connectivity index (χ4v) is 3.96. The van der Waals surface area contributed by atoms with Crippen molar-refractivity contribution in [3.8, 4) is 0 Å². The molecule has 1 aromatic carbocycles. The summed E-state index contributed by atoms with van der Waals surface area (Å²) in [6.45, 7) is 0.535. The van der Waals surface area contributed by atoms with Gasteiger partial charge in [0.15, 0.2) is 0 Å². The van der Waals surface area contributed by atoms with Gasteiger partial charge in [0.25, 0.3) is 11.8 Å². The van der Waals surface area contributed by atoms with Gasteiger partial charge in [0.1, 0.15) is 0 Å². The molecular weight excluding hydrogens is 356 g/mol. The van der Waals surface area contributed by atoms with Gasteiger partial charge in [0.2, 0.25) is 10.0 Å². The van der Waals surface area contributed by atoms with Crippen LogP contribution in [0.4, 0.5) is 5.69 Å². The number of aromatic amines is 1. The van der Waals surface area contributed by atoms with Crippen LogP contribution in [0.3, 0.4) is 0 Å². The number of sulfonamides is 1. The number of H-pyrrole nitrogens is 1. The lowest BCUT2D eigenvalue weighted by atomic mass is 10.00. The molecule has 0 fully saturated rings. The number of nitrogens with one attached hydrogen (secondary N) is 4. The van der Waals surface area contributed by atoms with Gasteiger partial charge >= 0.3 is 0 Å². The molecular formula is C17H16N4O4S. The Morgan fingerprint density at radius 3 is 2.73 bits per heavy atom. The van der Waals surface area contributed by atoms with Crippen molar-refractivity contribution in [3.63, 3.8) is 0 Å². The fraction of sp³-hybridized carbons (Fsp3) is 0.176. The minimum Gasteiger partial charge on any atom is -0.361 e. The van der Waals surface area contributed by atoms with Crippen LogP contribution in [0.15, 0.2) is 29.3 Å². The first-order valence-electron chi connectivity index (χ1n) is 8.00. The largest absolute Gasteiger partial charge is 0.361 e. The highest BCUT2D eigenvalue weighted by Crippen LogP contribution is 2.35. The van der Waals surface area contributed by atoms with Gasteiger partial charge in [-0.05, 0) is 43.3 Å². The maximum atomic E-state index is 12.4. The highest BCUT2D eigenvalue weighted by molar-refractivity contribution is 7.89. The number of benzene rings is 1. The molecule has 1 aromatic heterocycles. The van der Waals surface area contributed by atoms with Crippen LogP contribution < -0.4 is 15.4 Å². The third-order valence-electron chi connectivity index (χ3n) is 4.57. The SMILES string of the molecule is CNS(=O)(=O)c1ccc2c(c1)/C(=C/c1[nH]cc3c1CCNC3=O)C(=O)N2. The number of carbonyl (C=O) groups excluding carboxylic acids is 2. The van der Waals surface area contributed by atoms with E-state index >= 15 is 0 Å². The Bertz CT molecular complexity index is 1080. The monoisotopic (exact) mass is 372 g/mol. The summed E-state index contributed by atoms with van der Waals surface area (Å²) in [5.41, 5.74) is 3.50. The molecule has 26 heavy (non-hydrogen) atoms. The van der Waals surface area contributed by atoms with Gasteiger partial charge in [-0.25, -0.2) is 13.1 Å². The first-order valence-corrected chi connectivity index (χ1v) is 9.48. The van der Waals surface area contributed by atoms with Crippen molar-refractivity contribution in [2.24, 2.45) is 0 Å². The Hall–Kier alpha value is -2.91. The molecule has 2 aliphatic rings. The smallest absolute Gasteiger partial charge is 0.256 e. The summed E-state index contributed by atoms with van der Waals surface area (Å²) >= 11 is 0. The number of fused-ring (bicyclic) bond motifs is 2. The average Bonchev–Trinajstić information content (AvgIpc) is 3.17. The van der Waals surface area contributed by atoms with E-state index in [-0.39, 0.29) is 16.7 Å². The first-order chi connectivity index (χ1) is 12.4. The molecule has 3 heterocycles. The van der Waals surface area contributed by atoms with E-state index in [4.69, 9.17) is 0 Å². The summed E-state index contributed by atoms with van der Waals surface area (Å²) in [6.07, 6.45) is 3.94. The Morgan fingerprint density at radius 1 is 1.15 bits per heavy atom. The maximum Gasteiger partial charge on any atom is 0.256 e. The number of anilines is 1. The number of aromatic nitrogens is 1. The Balaban J connectivity index is 1.83. The van der Waals surface area contributed by atoms with Gasteiger partial charge in [0.05, 0.1) is 16.0 Å². The van der Waals surface area contributed by atoms with Gasteiger partial charge < -0.3 is 15.6 Å². The van der Waals surface area contributed by atoms with Crippen molar-refractivity contribution in [1.29, 1.82) is 0 Å². The van der Waals surface area contributed by atoms with Crippen LogP contribution in [0.1, 0.15) is 27.2 Å². The molecule has 0 unspecified atom stereocenters. The third-order valence-corrected chi connectivity index (χ3v) is 5.98. The second-order valence-electron chi connectivity index (χ2n) is 6.03. The van der Waals surface area contributed by atoms with E-state index in [1.54, 1.807) is 18.3 Å². The summed E-state index contributed by atoms with van der Waals surface area (Å²) in [5, 5.41) is 5.50. The molecule has 2 amide bonds. The molecule has 0 saturated heterocycles. The normalized spacial score (nSPS) is 17.7. The van der Waals surface area contributed by atoms with E-state index in [0.29, 0.717) is 41.0 Å². The number of amides is 2. The van der Waals surface area contributed by atoms with Gasteiger partial charge in [-0.1, -0.05) is 0 Å². The predicted octanol–water partition coefficient (Wildman–Crippen LogP) is 0.701. The predicted molar refractivity (Wildman–Crippen MR) is 96.0 cm³/mol. The van der Waals surface area contributed by atoms with Crippen molar-refractivity contribution in [2.45, 2.75) is 11.3 Å². The number of hydrogen-bond acceptors (Lipinski definition) is 4. The van der Waals surface area contributed by atoms with Gasteiger partial charge in [-0.15, -0.1) is 0 Å². The maximum absolute atomic E-state index is 12.4. The standard InChI is InChI=1S/C17H16N4O4S/c1-18-26(24,25)9-2-3-14-11(6-9)12(17(23)21-14)7-15-10-4-5-19-16(22)13(10)8-20-15/h2-3,6-8,18,20H,4-5H2,1H3,(H,19,22)(H,21,23)/b12-7-. The van der Waals surface area contributed by atoms with Crippen LogP contribution in [0.25, 0.3) is 11.6 Å². The summed E-state index contributed by atoms with van der Waals surface area (Å²) in [6, 6.07) is 4.47. The average molecular weight is 372 g/mol. The topological polar surface area (TPSA) is 120 Å². The fourth-order valence-electron chi connectivity index (χ4n) is 3.21. The highest BCUT2D eigenvalue weighted by Gasteiger charge is 2.28. The minimum absolute atomic E-state index is 0.0778. The molecule has 0 radical (unpaired) electrons. The van der Waals surface area contributed by atoms with Crippen molar-refractivity contribution >= 4 is 39.2 Å². The zero-order valence-electron chi connectivity index (χ0n) is 13.8. The lowest BCUT2D eigenvalue weighted by molar-refractivity contribution is -0.110. The summed E-state index contributed by atoms with van der Waals surface area (Å²) < 4.78 is 26.4. The number of hydrogen-bond donors (Lipinski definition) is 4. The van der Waals surface area contributed by atoms with E-state index < -0.39 is 10.0 Å². The minimum atomic E-state index is -3.62. The van der Waals surface area contributed by atoms with Crippen LogP contribution >= 0.6 is 0 Å². The summed E-state index contributed by atoms with van der Waals surface area (Å²) in [5.74, 6) is -0.464. The van der Waals surface area contributed by atoms with Crippen LogP contribution in [0.2, 0.25) is 0 Å². The quantitative estimate of drug-likeness (QED) is 0.593. The second kappa shape index (κ2) is 5.82. The van der Waals surface area contributed by atoms with Crippen LogP contribution in [0, 0.1) is 0 Å². The number of carbonyl (C=O) groups is 2. The Kier molecular flexibility index (Phi) is 3.70. The lowest BCUT2D eigenvalue weighted by Crippen LogP contribution is -2.31. The molecule has 2 aliphatic heterocycles. The second-order valence-corrected chi connectivity index (χ2v) is 7.91. The molecule has 0 saturated carbocycles. The molecule has 0 bridgehead atoms. The Labute approximate surface area is 149 Å². The molecule has 0 atom stereocenters. The van der Waals surface area contributed by atoms with E-state index in [9.17, 15) is 18.0 Å². The van der Waals surface area contributed by atoms with Gasteiger partial charge in [-0.2, -0.15) is 0 Å². The van der Waals surface area contributed by atoms with Gasteiger partial charge in [-0.3, -0.25) is 9.59 Å². The van der Waals surface area contributed by atoms with Crippen molar-refractivity contribution in [3.05, 3.63) is 46.8 Å². The molecule has 8 nitrogen and oxygen atoms in total. The van der Waals surface area contributed by atoms with Crippen molar-refractivity contribution < 1.29 is 18.0 Å². The highest BCUT2D eigenvalue weighted by atomic mass is 32.2. The zero-order valence-corrected chi connectivity index (χ0v) is 14.7. The third kappa shape index (κ3) is 2.52. The first kappa shape index (κ1) is 16.6. The summed E-state index contributed by atoms with van der Waals surface area (Å²) in [7, 11) is -2.29. The van der Waals surface area contributed by atoms with Gasteiger partial charge in [0, 0.05) is 29.7 Å². The van der Waals surface area contributed by atoms with Crippen LogP contribution in [-0.4, -0.2) is 38.8 Å². The van der Waals surface area contributed by atoms with E-state index in [1.807, 2.05) is 0 Å². The number of rotatable bonds is 3. The summed E-state index contributed by atoms with van der Waals surface area (Å²) in [4.78, 5) is 27.4. The van der Waals surface area contributed by atoms with Crippen molar-refractivity contribution in [1.82, 2.24) is 15.0 Å². The molecule has 2 aromatic rings. The molecule has 134 valence electrons. The van der Waals surface area contributed by atoms with Crippen molar-refractivity contribution in [2.75, 3.05) is 18.9 Å². The van der Waals surface area contributed by atoms with Crippen LogP contribution in [-0.2, 0) is 21.2 Å². The molecule has 4 N–H and O–H groups in total. The van der Waals surface area contributed by atoms with E-state index in [1.165, 1.54) is 19.2 Å². The Morgan fingerprint density at radius 2 is 1.96 bits per heavy atom. The van der Waals surface area contributed by atoms with E-state index in [2.05, 4.69) is 20.3 Å². The van der Waals surface area contributed by atoms with Crippen LogP contribution in [0.5, 0.6) is 0 Å². The molecule has 9 heteroatoms. The molecule has 0 spiro atoms.